The van der Waals surface area contributed by atoms with Gasteiger partial charge in [0, 0.05) is 5.56 Å². The van der Waals surface area contributed by atoms with Gasteiger partial charge in [0.15, 0.2) is 0 Å². The quantitative estimate of drug-likeness (QED) is 0.675. The van der Waals surface area contributed by atoms with Crippen molar-refractivity contribution in [1.29, 1.82) is 0 Å². The van der Waals surface area contributed by atoms with E-state index in [1.54, 1.807) is 31.2 Å². The van der Waals surface area contributed by atoms with Gasteiger partial charge in [0.25, 0.3) is 5.91 Å². The van der Waals surface area contributed by atoms with Crippen molar-refractivity contribution in [2.45, 2.75) is 13.8 Å². The highest BCUT2D eigenvalue weighted by molar-refractivity contribution is 6.00. The van der Waals surface area contributed by atoms with E-state index in [-0.39, 0.29) is 11.7 Å². The molecule has 0 fully saturated rings. The van der Waals surface area contributed by atoms with Crippen LogP contribution in [0.1, 0.15) is 28.4 Å². The number of rotatable bonds is 3. The Labute approximate surface area is 117 Å². The van der Waals surface area contributed by atoms with Gasteiger partial charge in [-0.25, -0.2) is 9.82 Å². The van der Waals surface area contributed by atoms with Gasteiger partial charge in [-0.1, -0.05) is 29.8 Å². The lowest BCUT2D eigenvalue weighted by molar-refractivity contribution is 0.0954. The van der Waals surface area contributed by atoms with Gasteiger partial charge in [-0.05, 0) is 43.7 Å². The third-order valence-electron chi connectivity index (χ3n) is 2.87. The molecular weight excluding hydrogens is 255 g/mol. The Morgan fingerprint density at radius 1 is 1.10 bits per heavy atom. The second-order valence-electron chi connectivity index (χ2n) is 4.51. The molecule has 1 amide bonds. The van der Waals surface area contributed by atoms with E-state index in [1.807, 2.05) is 19.1 Å². The SMILES string of the molecule is C/C(=N\NC(=O)c1cccc(C)c1)c1ccc(F)cc1. The number of amides is 1. The van der Waals surface area contributed by atoms with Crippen LogP contribution in [0, 0.1) is 12.7 Å². The van der Waals surface area contributed by atoms with E-state index in [0.29, 0.717) is 11.3 Å². The number of halogens is 1. The highest BCUT2D eigenvalue weighted by atomic mass is 19.1. The van der Waals surface area contributed by atoms with Crippen LogP contribution in [0.2, 0.25) is 0 Å². The average molecular weight is 270 g/mol. The fraction of sp³-hybridized carbons (Fsp3) is 0.125. The van der Waals surface area contributed by atoms with Gasteiger partial charge >= 0.3 is 0 Å². The number of nitrogens with zero attached hydrogens (tertiary/aromatic N) is 1. The molecule has 2 aromatic carbocycles. The summed E-state index contributed by atoms with van der Waals surface area (Å²) in [6.45, 7) is 3.67. The minimum absolute atomic E-state index is 0.268. The van der Waals surface area contributed by atoms with E-state index in [4.69, 9.17) is 0 Å². The van der Waals surface area contributed by atoms with E-state index in [2.05, 4.69) is 10.5 Å². The van der Waals surface area contributed by atoms with Crippen molar-refractivity contribution in [2.24, 2.45) is 5.10 Å². The number of hydrogen-bond donors (Lipinski definition) is 1. The van der Waals surface area contributed by atoms with Crippen molar-refractivity contribution in [1.82, 2.24) is 5.43 Å². The van der Waals surface area contributed by atoms with Crippen LogP contribution >= 0.6 is 0 Å². The summed E-state index contributed by atoms with van der Waals surface area (Å²) in [5.74, 6) is -0.569. The first kappa shape index (κ1) is 13.9. The monoisotopic (exact) mass is 270 g/mol. The first-order valence-electron chi connectivity index (χ1n) is 6.23. The van der Waals surface area contributed by atoms with Crippen LogP contribution in [0.15, 0.2) is 53.6 Å². The van der Waals surface area contributed by atoms with Gasteiger partial charge in [0.05, 0.1) is 5.71 Å². The normalized spacial score (nSPS) is 11.2. The first-order chi connectivity index (χ1) is 9.56. The van der Waals surface area contributed by atoms with Gasteiger partial charge < -0.3 is 0 Å². The molecule has 20 heavy (non-hydrogen) atoms. The van der Waals surface area contributed by atoms with Crippen molar-refractivity contribution >= 4 is 11.6 Å². The highest BCUT2D eigenvalue weighted by Crippen LogP contribution is 2.05. The molecule has 1 N–H and O–H groups in total. The number of hydrogen-bond acceptors (Lipinski definition) is 2. The Balaban J connectivity index is 2.08. The van der Waals surface area contributed by atoms with E-state index in [9.17, 15) is 9.18 Å². The molecular formula is C16H15FN2O. The standard InChI is InChI=1S/C16H15FN2O/c1-11-4-3-5-14(10-11)16(20)19-18-12(2)13-6-8-15(17)9-7-13/h3-10H,1-2H3,(H,19,20)/b18-12+. The van der Waals surface area contributed by atoms with E-state index in [0.717, 1.165) is 11.1 Å². The minimum Gasteiger partial charge on any atom is -0.267 e. The van der Waals surface area contributed by atoms with Crippen LogP contribution in [0.3, 0.4) is 0 Å². The zero-order valence-electron chi connectivity index (χ0n) is 11.4. The summed E-state index contributed by atoms with van der Waals surface area (Å²) in [4.78, 5) is 11.9. The van der Waals surface area contributed by atoms with E-state index < -0.39 is 0 Å². The second kappa shape index (κ2) is 6.10. The Morgan fingerprint density at radius 2 is 1.80 bits per heavy atom. The molecule has 0 heterocycles. The Bertz CT molecular complexity index is 648. The molecule has 0 spiro atoms. The molecule has 102 valence electrons. The molecule has 0 aromatic heterocycles. The van der Waals surface area contributed by atoms with Crippen molar-refractivity contribution in [3.8, 4) is 0 Å². The summed E-state index contributed by atoms with van der Waals surface area (Å²) >= 11 is 0. The summed E-state index contributed by atoms with van der Waals surface area (Å²) in [6, 6.07) is 13.2. The molecule has 0 aliphatic carbocycles. The maximum Gasteiger partial charge on any atom is 0.271 e. The Kier molecular flexibility index (Phi) is 4.25. The van der Waals surface area contributed by atoms with Gasteiger partial charge in [0.1, 0.15) is 5.82 Å². The number of carbonyl (C=O) groups excluding carboxylic acids is 1. The Morgan fingerprint density at radius 3 is 2.45 bits per heavy atom. The molecule has 0 atom stereocenters. The molecule has 0 aliphatic rings. The van der Waals surface area contributed by atoms with Gasteiger partial charge in [-0.2, -0.15) is 5.10 Å². The molecule has 3 nitrogen and oxygen atoms in total. The lowest BCUT2D eigenvalue weighted by Crippen LogP contribution is -2.19. The van der Waals surface area contributed by atoms with Crippen LogP contribution in [0.5, 0.6) is 0 Å². The molecule has 0 saturated heterocycles. The number of aryl methyl sites for hydroxylation is 1. The lowest BCUT2D eigenvalue weighted by atomic mass is 10.1. The summed E-state index contributed by atoms with van der Waals surface area (Å²) in [5, 5.41) is 4.02. The second-order valence-corrected chi connectivity index (χ2v) is 4.51. The third kappa shape index (κ3) is 3.51. The highest BCUT2D eigenvalue weighted by Gasteiger charge is 2.04. The lowest BCUT2D eigenvalue weighted by Gasteiger charge is -2.03. The minimum atomic E-state index is -0.301. The van der Waals surface area contributed by atoms with Crippen LogP contribution in [0.4, 0.5) is 4.39 Å². The van der Waals surface area contributed by atoms with Gasteiger partial charge in [0.2, 0.25) is 0 Å². The summed E-state index contributed by atoms with van der Waals surface area (Å²) in [7, 11) is 0. The van der Waals surface area contributed by atoms with Crippen molar-refractivity contribution < 1.29 is 9.18 Å². The largest absolute Gasteiger partial charge is 0.271 e. The van der Waals surface area contributed by atoms with Crippen molar-refractivity contribution in [3.05, 3.63) is 71.0 Å². The van der Waals surface area contributed by atoms with Gasteiger partial charge in [-0.15, -0.1) is 0 Å². The predicted octanol–water partition coefficient (Wildman–Crippen LogP) is 3.29. The predicted molar refractivity (Wildman–Crippen MR) is 77.3 cm³/mol. The molecule has 2 aromatic rings. The maximum absolute atomic E-state index is 12.8. The number of benzene rings is 2. The van der Waals surface area contributed by atoms with Crippen molar-refractivity contribution in [2.75, 3.05) is 0 Å². The third-order valence-corrected chi connectivity index (χ3v) is 2.87. The smallest absolute Gasteiger partial charge is 0.267 e. The number of hydrazone groups is 1. The van der Waals surface area contributed by atoms with Crippen LogP contribution in [-0.2, 0) is 0 Å². The number of carbonyl (C=O) groups is 1. The summed E-state index contributed by atoms with van der Waals surface area (Å²) in [6.07, 6.45) is 0. The van der Waals surface area contributed by atoms with Crippen LogP contribution < -0.4 is 5.43 Å². The molecule has 0 bridgehead atoms. The van der Waals surface area contributed by atoms with Gasteiger partial charge in [-0.3, -0.25) is 4.79 Å². The zero-order chi connectivity index (χ0) is 14.5. The zero-order valence-corrected chi connectivity index (χ0v) is 11.4. The topological polar surface area (TPSA) is 41.5 Å². The van der Waals surface area contributed by atoms with Crippen LogP contribution in [0.25, 0.3) is 0 Å². The molecule has 0 aliphatic heterocycles. The molecule has 2 rings (SSSR count). The van der Waals surface area contributed by atoms with E-state index >= 15 is 0 Å². The summed E-state index contributed by atoms with van der Waals surface area (Å²) in [5.41, 5.74) is 5.44. The molecule has 0 radical (unpaired) electrons. The average Bonchev–Trinajstić information content (AvgIpc) is 2.45. The fourth-order valence-electron chi connectivity index (χ4n) is 1.74. The van der Waals surface area contributed by atoms with Crippen molar-refractivity contribution in [3.63, 3.8) is 0 Å². The first-order valence-corrected chi connectivity index (χ1v) is 6.23. The fourth-order valence-corrected chi connectivity index (χ4v) is 1.74. The maximum atomic E-state index is 12.8. The molecule has 4 heteroatoms. The molecule has 0 saturated carbocycles. The summed E-state index contributed by atoms with van der Waals surface area (Å²) < 4.78 is 12.8. The van der Waals surface area contributed by atoms with Crippen LogP contribution in [-0.4, -0.2) is 11.6 Å². The number of nitrogens with one attached hydrogen (secondary N) is 1. The Hall–Kier alpha value is -2.49. The molecule has 0 unspecified atom stereocenters. The van der Waals surface area contributed by atoms with E-state index in [1.165, 1.54) is 12.1 Å².